The minimum absolute atomic E-state index is 0.106. The molecule has 0 aliphatic heterocycles. The fourth-order valence-electron chi connectivity index (χ4n) is 4.28. The molecule has 104 valence electrons. The Bertz CT molecular complexity index is 511. The molecule has 2 fully saturated rings. The normalized spacial score (nSPS) is 35.6. The van der Waals surface area contributed by atoms with Gasteiger partial charge in [-0.05, 0) is 36.0 Å². The molecule has 1 aromatic rings. The molecule has 5 heteroatoms. The summed E-state index contributed by atoms with van der Waals surface area (Å²) in [6.07, 6.45) is 4.81. The van der Waals surface area contributed by atoms with Gasteiger partial charge in [0.25, 0.3) is 0 Å². The first kappa shape index (κ1) is 12.6. The highest BCUT2D eigenvalue weighted by Crippen LogP contribution is 2.63. The van der Waals surface area contributed by atoms with E-state index in [1.807, 2.05) is 0 Å². The second-order valence-corrected chi connectivity index (χ2v) is 6.92. The van der Waals surface area contributed by atoms with Gasteiger partial charge in [-0.3, -0.25) is 0 Å². The zero-order valence-corrected chi connectivity index (χ0v) is 11.7. The van der Waals surface area contributed by atoms with Crippen LogP contribution in [0.4, 0.5) is 16.2 Å². The summed E-state index contributed by atoms with van der Waals surface area (Å²) in [4.78, 5) is 7.66. The predicted molar refractivity (Wildman–Crippen MR) is 73.0 cm³/mol. The van der Waals surface area contributed by atoms with Gasteiger partial charge in [0.1, 0.15) is 0 Å². The van der Waals surface area contributed by atoms with Crippen molar-refractivity contribution in [2.75, 3.05) is 11.1 Å². The number of anilines is 2. The van der Waals surface area contributed by atoms with Crippen LogP contribution in [0.3, 0.4) is 0 Å². The van der Waals surface area contributed by atoms with Crippen molar-refractivity contribution in [2.45, 2.75) is 46.1 Å². The Morgan fingerprint density at radius 3 is 2.79 bits per heavy atom. The summed E-state index contributed by atoms with van der Waals surface area (Å²) in [6, 6.07) is 0.225. The fourth-order valence-corrected chi connectivity index (χ4v) is 4.28. The van der Waals surface area contributed by atoms with Crippen LogP contribution in [0, 0.1) is 22.6 Å². The second-order valence-electron chi connectivity index (χ2n) is 6.92. The van der Waals surface area contributed by atoms with E-state index in [1.165, 1.54) is 19.3 Å². The Balaban J connectivity index is 1.92. The Labute approximate surface area is 113 Å². The van der Waals surface area contributed by atoms with Crippen LogP contribution in [0.5, 0.6) is 0 Å². The van der Waals surface area contributed by atoms with Crippen molar-refractivity contribution < 1.29 is 4.39 Å². The standard InChI is InChI=1S/C14H21FN4/c1-13(2)8-4-5-14(3,6-8)11(13)18-10-9(15)7-17-12(16)19-10/h7-8,11H,4-6H2,1-3H3,(H3,16,17,18,19). The molecule has 1 heterocycles. The van der Waals surface area contributed by atoms with Gasteiger partial charge in [-0.2, -0.15) is 4.98 Å². The molecule has 19 heavy (non-hydrogen) atoms. The number of nitrogens with two attached hydrogens (primary N) is 1. The zero-order valence-electron chi connectivity index (χ0n) is 11.7. The van der Waals surface area contributed by atoms with Crippen molar-refractivity contribution in [2.24, 2.45) is 16.7 Å². The van der Waals surface area contributed by atoms with Gasteiger partial charge in [0.05, 0.1) is 6.20 Å². The van der Waals surface area contributed by atoms with Gasteiger partial charge in [-0.15, -0.1) is 0 Å². The summed E-state index contributed by atoms with van der Waals surface area (Å²) in [7, 11) is 0. The van der Waals surface area contributed by atoms with Crippen molar-refractivity contribution in [1.82, 2.24) is 9.97 Å². The summed E-state index contributed by atoms with van der Waals surface area (Å²) >= 11 is 0. The first-order valence-electron chi connectivity index (χ1n) is 6.87. The molecule has 0 radical (unpaired) electrons. The minimum Gasteiger partial charge on any atom is -0.368 e. The summed E-state index contributed by atoms with van der Waals surface area (Å²) < 4.78 is 13.8. The minimum atomic E-state index is -0.434. The van der Waals surface area contributed by atoms with Crippen molar-refractivity contribution in [3.63, 3.8) is 0 Å². The zero-order chi connectivity index (χ0) is 13.8. The maximum absolute atomic E-state index is 13.8. The van der Waals surface area contributed by atoms with E-state index in [2.05, 4.69) is 36.1 Å². The first-order valence-corrected chi connectivity index (χ1v) is 6.87. The van der Waals surface area contributed by atoms with Crippen LogP contribution in [-0.4, -0.2) is 16.0 Å². The van der Waals surface area contributed by atoms with Crippen molar-refractivity contribution in [3.05, 3.63) is 12.0 Å². The number of fused-ring (bicyclic) bond motifs is 2. The Morgan fingerprint density at radius 1 is 1.42 bits per heavy atom. The summed E-state index contributed by atoms with van der Waals surface area (Å²) in [5.74, 6) is 0.614. The molecule has 3 N–H and O–H groups in total. The average molecular weight is 264 g/mol. The van der Waals surface area contributed by atoms with E-state index in [-0.39, 0.29) is 28.6 Å². The molecule has 0 amide bonds. The number of rotatable bonds is 2. The van der Waals surface area contributed by atoms with Gasteiger partial charge in [-0.1, -0.05) is 20.8 Å². The molecule has 0 aromatic carbocycles. The van der Waals surface area contributed by atoms with Gasteiger partial charge in [0, 0.05) is 6.04 Å². The van der Waals surface area contributed by atoms with Crippen molar-refractivity contribution in [1.29, 1.82) is 0 Å². The van der Waals surface area contributed by atoms with Crippen LogP contribution in [-0.2, 0) is 0 Å². The molecule has 1 aromatic heterocycles. The Morgan fingerprint density at radius 2 is 2.16 bits per heavy atom. The number of aromatic nitrogens is 2. The van der Waals surface area contributed by atoms with E-state index in [9.17, 15) is 4.39 Å². The third kappa shape index (κ3) is 1.78. The van der Waals surface area contributed by atoms with Crippen LogP contribution in [0.25, 0.3) is 0 Å². The van der Waals surface area contributed by atoms with Crippen LogP contribution in [0.2, 0.25) is 0 Å². The molecule has 2 aliphatic carbocycles. The highest BCUT2D eigenvalue weighted by Gasteiger charge is 2.59. The van der Waals surface area contributed by atoms with Gasteiger partial charge in [0.2, 0.25) is 5.95 Å². The number of hydrogen-bond acceptors (Lipinski definition) is 4. The molecule has 3 atom stereocenters. The van der Waals surface area contributed by atoms with E-state index >= 15 is 0 Å². The van der Waals surface area contributed by atoms with Crippen LogP contribution in [0.1, 0.15) is 40.0 Å². The van der Waals surface area contributed by atoms with Gasteiger partial charge >= 0.3 is 0 Å². The molecular formula is C14H21FN4. The smallest absolute Gasteiger partial charge is 0.222 e. The highest BCUT2D eigenvalue weighted by molar-refractivity contribution is 5.42. The predicted octanol–water partition coefficient (Wildman–Crippen LogP) is 2.82. The maximum Gasteiger partial charge on any atom is 0.222 e. The molecule has 4 nitrogen and oxygen atoms in total. The Hall–Kier alpha value is -1.39. The Kier molecular flexibility index (Phi) is 2.53. The van der Waals surface area contributed by atoms with E-state index < -0.39 is 5.82 Å². The van der Waals surface area contributed by atoms with Gasteiger partial charge in [-0.25, -0.2) is 9.37 Å². The van der Waals surface area contributed by atoms with E-state index in [4.69, 9.17) is 5.73 Å². The monoisotopic (exact) mass is 264 g/mol. The third-order valence-corrected chi connectivity index (χ3v) is 5.31. The fraction of sp³-hybridized carbons (Fsp3) is 0.714. The number of nitrogens with zero attached hydrogens (tertiary/aromatic N) is 2. The topological polar surface area (TPSA) is 63.8 Å². The molecule has 2 saturated carbocycles. The molecule has 0 saturated heterocycles. The number of nitrogens with one attached hydrogen (secondary N) is 1. The van der Waals surface area contributed by atoms with Crippen LogP contribution >= 0.6 is 0 Å². The maximum atomic E-state index is 13.8. The number of hydrogen-bond donors (Lipinski definition) is 2. The van der Waals surface area contributed by atoms with E-state index in [1.54, 1.807) is 0 Å². The number of halogens is 1. The summed E-state index contributed by atoms with van der Waals surface area (Å²) in [5, 5.41) is 3.31. The van der Waals surface area contributed by atoms with Crippen LogP contribution in [0.15, 0.2) is 6.20 Å². The average Bonchev–Trinajstić information content (AvgIpc) is 2.80. The van der Waals surface area contributed by atoms with E-state index in [0.717, 1.165) is 6.20 Å². The van der Waals surface area contributed by atoms with E-state index in [0.29, 0.717) is 5.92 Å². The molecule has 0 spiro atoms. The lowest BCUT2D eigenvalue weighted by atomic mass is 9.68. The van der Waals surface area contributed by atoms with Crippen molar-refractivity contribution in [3.8, 4) is 0 Å². The molecular weight excluding hydrogens is 243 g/mol. The largest absolute Gasteiger partial charge is 0.368 e. The molecule has 3 rings (SSSR count). The highest BCUT2D eigenvalue weighted by atomic mass is 19.1. The second kappa shape index (κ2) is 3.81. The first-order chi connectivity index (χ1) is 8.83. The van der Waals surface area contributed by atoms with Crippen molar-refractivity contribution >= 4 is 11.8 Å². The molecule has 2 aliphatic rings. The van der Waals surface area contributed by atoms with Gasteiger partial charge < -0.3 is 11.1 Å². The SMILES string of the molecule is CC12CCC(C1)C(C)(C)C2Nc1nc(N)ncc1F. The molecule has 3 unspecified atom stereocenters. The summed E-state index contributed by atoms with van der Waals surface area (Å²) in [6.45, 7) is 6.83. The molecule has 2 bridgehead atoms. The quantitative estimate of drug-likeness (QED) is 0.862. The van der Waals surface area contributed by atoms with Crippen LogP contribution < -0.4 is 11.1 Å². The van der Waals surface area contributed by atoms with Gasteiger partial charge in [0.15, 0.2) is 11.6 Å². The lowest BCUT2D eigenvalue weighted by molar-refractivity contribution is 0.155. The third-order valence-electron chi connectivity index (χ3n) is 5.31. The lowest BCUT2D eigenvalue weighted by Gasteiger charge is -2.43. The number of nitrogen functional groups attached to an aromatic ring is 1. The lowest BCUT2D eigenvalue weighted by Crippen LogP contribution is -2.46. The summed E-state index contributed by atoms with van der Waals surface area (Å²) in [5.41, 5.74) is 5.92.